The molecule has 1 aromatic carbocycles. The average molecular weight is 286 g/mol. The molecule has 0 saturated carbocycles. The third-order valence-corrected chi connectivity index (χ3v) is 3.24. The second-order valence-electron chi connectivity index (χ2n) is 5.54. The Bertz CT molecular complexity index is 577. The largest absolute Gasteiger partial charge is 0.348 e. The van der Waals surface area contributed by atoms with Crippen molar-refractivity contribution in [1.82, 2.24) is 15.1 Å². The molecule has 0 bridgehead atoms. The molecule has 5 nitrogen and oxygen atoms in total. The van der Waals surface area contributed by atoms with Crippen molar-refractivity contribution < 1.29 is 4.79 Å². The zero-order chi connectivity index (χ0) is 15.2. The van der Waals surface area contributed by atoms with E-state index in [-0.39, 0.29) is 11.9 Å². The molecule has 1 atom stereocenters. The summed E-state index contributed by atoms with van der Waals surface area (Å²) in [5, 5.41) is 7.19. The van der Waals surface area contributed by atoms with Gasteiger partial charge in [-0.05, 0) is 24.5 Å². The molecule has 21 heavy (non-hydrogen) atoms. The zero-order valence-electron chi connectivity index (χ0n) is 12.5. The fourth-order valence-corrected chi connectivity index (χ4v) is 2.21. The molecule has 2 aromatic rings. The van der Waals surface area contributed by atoms with E-state index in [9.17, 15) is 4.79 Å². The van der Waals surface area contributed by atoms with E-state index in [1.54, 1.807) is 17.1 Å². The fourth-order valence-electron chi connectivity index (χ4n) is 2.21. The van der Waals surface area contributed by atoms with Gasteiger partial charge in [-0.1, -0.05) is 32.0 Å². The minimum Gasteiger partial charge on any atom is -0.348 e. The Morgan fingerprint density at radius 3 is 2.67 bits per heavy atom. The fraction of sp³-hybridized carbons (Fsp3) is 0.375. The van der Waals surface area contributed by atoms with E-state index in [2.05, 4.69) is 24.3 Å². The van der Waals surface area contributed by atoms with Gasteiger partial charge >= 0.3 is 0 Å². The molecule has 0 saturated heterocycles. The van der Waals surface area contributed by atoms with Gasteiger partial charge in [0.1, 0.15) is 0 Å². The third kappa shape index (κ3) is 4.16. The number of hydrogen-bond acceptors (Lipinski definition) is 3. The van der Waals surface area contributed by atoms with E-state index in [0.717, 1.165) is 12.1 Å². The number of rotatable bonds is 6. The maximum absolute atomic E-state index is 12.2. The van der Waals surface area contributed by atoms with Crippen LogP contribution in [0.5, 0.6) is 0 Å². The van der Waals surface area contributed by atoms with Crippen LogP contribution in [-0.2, 0) is 0 Å². The highest BCUT2D eigenvalue weighted by molar-refractivity contribution is 5.94. The normalized spacial score (nSPS) is 12.4. The SMILES string of the molecule is CC(C)CC(CN)NC(=O)c1cnn(-c2ccccc2)c1. The first-order valence-electron chi connectivity index (χ1n) is 7.21. The highest BCUT2D eigenvalue weighted by atomic mass is 16.1. The second kappa shape index (κ2) is 7.04. The third-order valence-electron chi connectivity index (χ3n) is 3.24. The van der Waals surface area contributed by atoms with Crippen molar-refractivity contribution in [3.05, 3.63) is 48.3 Å². The number of para-hydroxylation sites is 1. The first-order valence-corrected chi connectivity index (χ1v) is 7.21. The van der Waals surface area contributed by atoms with E-state index in [1.165, 1.54) is 0 Å². The lowest BCUT2D eigenvalue weighted by Gasteiger charge is -2.18. The van der Waals surface area contributed by atoms with E-state index in [0.29, 0.717) is 18.0 Å². The minimum atomic E-state index is -0.131. The molecule has 0 fully saturated rings. The molecule has 2 rings (SSSR count). The molecule has 5 heteroatoms. The van der Waals surface area contributed by atoms with Gasteiger partial charge in [0.2, 0.25) is 0 Å². The Hall–Kier alpha value is -2.14. The molecule has 0 aliphatic heterocycles. The predicted molar refractivity (Wildman–Crippen MR) is 83.3 cm³/mol. The molecule has 0 aliphatic carbocycles. The summed E-state index contributed by atoms with van der Waals surface area (Å²) < 4.78 is 1.69. The Labute approximate surface area is 125 Å². The summed E-state index contributed by atoms with van der Waals surface area (Å²) in [4.78, 5) is 12.2. The molecule has 1 aromatic heterocycles. The van der Waals surface area contributed by atoms with E-state index >= 15 is 0 Å². The number of aromatic nitrogens is 2. The zero-order valence-corrected chi connectivity index (χ0v) is 12.5. The molecule has 1 amide bonds. The van der Waals surface area contributed by atoms with Gasteiger partial charge in [-0.25, -0.2) is 4.68 Å². The topological polar surface area (TPSA) is 72.9 Å². The van der Waals surface area contributed by atoms with Crippen molar-refractivity contribution in [3.8, 4) is 5.69 Å². The standard InChI is InChI=1S/C16H22N4O/c1-12(2)8-14(9-17)19-16(21)13-10-18-20(11-13)15-6-4-3-5-7-15/h3-7,10-12,14H,8-9,17H2,1-2H3,(H,19,21). The van der Waals surface area contributed by atoms with Crippen LogP contribution in [0.25, 0.3) is 5.69 Å². The molecule has 0 aliphatic rings. The quantitative estimate of drug-likeness (QED) is 0.852. The van der Waals surface area contributed by atoms with Gasteiger partial charge in [0.25, 0.3) is 5.91 Å². The van der Waals surface area contributed by atoms with E-state index in [4.69, 9.17) is 5.73 Å². The lowest BCUT2D eigenvalue weighted by atomic mass is 10.0. The number of nitrogens with zero attached hydrogens (tertiary/aromatic N) is 2. The predicted octanol–water partition coefficient (Wildman–Crippen LogP) is 1.98. The van der Waals surface area contributed by atoms with Crippen LogP contribution in [0.2, 0.25) is 0 Å². The molecular weight excluding hydrogens is 264 g/mol. The number of carbonyl (C=O) groups is 1. The number of amides is 1. The van der Waals surface area contributed by atoms with Crippen molar-refractivity contribution in [1.29, 1.82) is 0 Å². The van der Waals surface area contributed by atoms with Crippen LogP contribution < -0.4 is 11.1 Å². The summed E-state index contributed by atoms with van der Waals surface area (Å²) in [5.74, 6) is 0.360. The number of carbonyl (C=O) groups excluding carboxylic acids is 1. The van der Waals surface area contributed by atoms with Crippen LogP contribution in [0.1, 0.15) is 30.6 Å². The van der Waals surface area contributed by atoms with Crippen LogP contribution in [0.4, 0.5) is 0 Å². The second-order valence-corrected chi connectivity index (χ2v) is 5.54. The van der Waals surface area contributed by atoms with Gasteiger partial charge < -0.3 is 11.1 Å². The molecular formula is C16H22N4O. The summed E-state index contributed by atoms with van der Waals surface area (Å²) in [7, 11) is 0. The highest BCUT2D eigenvalue weighted by Gasteiger charge is 2.15. The Morgan fingerprint density at radius 1 is 1.33 bits per heavy atom. The van der Waals surface area contributed by atoms with Crippen molar-refractivity contribution in [2.24, 2.45) is 11.7 Å². The lowest BCUT2D eigenvalue weighted by Crippen LogP contribution is -2.40. The molecule has 0 spiro atoms. The highest BCUT2D eigenvalue weighted by Crippen LogP contribution is 2.09. The Kier molecular flexibility index (Phi) is 5.11. The van der Waals surface area contributed by atoms with Crippen molar-refractivity contribution in [2.45, 2.75) is 26.3 Å². The van der Waals surface area contributed by atoms with Gasteiger partial charge in [0.15, 0.2) is 0 Å². The lowest BCUT2D eigenvalue weighted by molar-refractivity contribution is 0.0934. The monoisotopic (exact) mass is 286 g/mol. The van der Waals surface area contributed by atoms with Crippen molar-refractivity contribution in [3.63, 3.8) is 0 Å². The molecule has 1 unspecified atom stereocenters. The van der Waals surface area contributed by atoms with Gasteiger partial charge in [-0.3, -0.25) is 4.79 Å². The smallest absolute Gasteiger partial charge is 0.254 e. The van der Waals surface area contributed by atoms with Gasteiger partial charge in [0.05, 0.1) is 17.4 Å². The summed E-state index contributed by atoms with van der Waals surface area (Å²) >= 11 is 0. The molecule has 0 radical (unpaired) electrons. The minimum absolute atomic E-state index is 0.00225. The van der Waals surface area contributed by atoms with E-state index < -0.39 is 0 Å². The summed E-state index contributed by atoms with van der Waals surface area (Å²) in [6.45, 7) is 4.67. The number of nitrogens with one attached hydrogen (secondary N) is 1. The maximum Gasteiger partial charge on any atom is 0.254 e. The van der Waals surface area contributed by atoms with Crippen LogP contribution in [-0.4, -0.2) is 28.3 Å². The van der Waals surface area contributed by atoms with Crippen molar-refractivity contribution >= 4 is 5.91 Å². The first kappa shape index (κ1) is 15.3. The van der Waals surface area contributed by atoms with Crippen LogP contribution in [0.3, 0.4) is 0 Å². The Balaban J connectivity index is 2.05. The summed E-state index contributed by atoms with van der Waals surface area (Å²) in [6, 6.07) is 9.69. The van der Waals surface area contributed by atoms with E-state index in [1.807, 2.05) is 30.3 Å². The number of hydrogen-bond donors (Lipinski definition) is 2. The van der Waals surface area contributed by atoms with Gasteiger partial charge in [-0.15, -0.1) is 0 Å². The van der Waals surface area contributed by atoms with Gasteiger partial charge in [0, 0.05) is 18.8 Å². The maximum atomic E-state index is 12.2. The van der Waals surface area contributed by atoms with Crippen LogP contribution in [0, 0.1) is 5.92 Å². The molecule has 3 N–H and O–H groups in total. The number of nitrogens with two attached hydrogens (primary N) is 1. The average Bonchev–Trinajstić information content (AvgIpc) is 2.97. The molecule has 112 valence electrons. The first-order chi connectivity index (χ1) is 10.1. The van der Waals surface area contributed by atoms with Crippen LogP contribution >= 0.6 is 0 Å². The van der Waals surface area contributed by atoms with Crippen molar-refractivity contribution in [2.75, 3.05) is 6.54 Å². The molecule has 1 heterocycles. The van der Waals surface area contributed by atoms with Crippen LogP contribution in [0.15, 0.2) is 42.7 Å². The summed E-state index contributed by atoms with van der Waals surface area (Å²) in [6.07, 6.45) is 4.17. The Morgan fingerprint density at radius 2 is 2.05 bits per heavy atom. The summed E-state index contributed by atoms with van der Waals surface area (Å²) in [5.41, 5.74) is 7.18. The number of benzene rings is 1. The van der Waals surface area contributed by atoms with Gasteiger partial charge in [-0.2, -0.15) is 5.10 Å².